The van der Waals surface area contributed by atoms with Gasteiger partial charge in [-0.1, -0.05) is 42.5 Å². The number of rotatable bonds is 6. The zero-order chi connectivity index (χ0) is 21.0. The summed E-state index contributed by atoms with van der Waals surface area (Å²) in [6.07, 6.45) is 2.33. The first-order chi connectivity index (χ1) is 14.5. The quantitative estimate of drug-likeness (QED) is 0.506. The molecule has 4 nitrogen and oxygen atoms in total. The lowest BCUT2D eigenvalue weighted by Gasteiger charge is -2.21. The molecule has 0 saturated heterocycles. The molecule has 0 unspecified atom stereocenters. The van der Waals surface area contributed by atoms with Crippen LogP contribution in [0.15, 0.2) is 54.6 Å². The van der Waals surface area contributed by atoms with Crippen LogP contribution in [0.2, 0.25) is 0 Å². The third kappa shape index (κ3) is 5.14. The van der Waals surface area contributed by atoms with E-state index in [0.717, 1.165) is 11.3 Å². The van der Waals surface area contributed by atoms with Gasteiger partial charge < -0.3 is 9.47 Å². The first-order valence-electron chi connectivity index (χ1n) is 9.92. The highest BCUT2D eigenvalue weighted by molar-refractivity contribution is 5.60. The predicted molar refractivity (Wildman–Crippen MR) is 107 cm³/mol. The van der Waals surface area contributed by atoms with Gasteiger partial charge in [0.1, 0.15) is 12.4 Å². The van der Waals surface area contributed by atoms with Crippen molar-refractivity contribution in [1.29, 1.82) is 0 Å². The summed E-state index contributed by atoms with van der Waals surface area (Å²) in [4.78, 5) is 0. The molecular formula is C23H22F3N2O2. The van der Waals surface area contributed by atoms with E-state index >= 15 is 0 Å². The maximum Gasteiger partial charge on any atom is 0.573 e. The normalized spacial score (nSPS) is 15.2. The second-order valence-electron chi connectivity index (χ2n) is 7.33. The van der Waals surface area contributed by atoms with Gasteiger partial charge >= 0.3 is 6.36 Å². The molecular weight excluding hydrogens is 393 g/mol. The Kier molecular flexibility index (Phi) is 5.97. The van der Waals surface area contributed by atoms with Gasteiger partial charge in [-0.3, -0.25) is 5.10 Å². The molecule has 1 radical (unpaired) electrons. The van der Waals surface area contributed by atoms with Crippen molar-refractivity contribution < 1.29 is 22.6 Å². The molecule has 157 valence electrons. The molecule has 0 spiro atoms. The molecule has 1 aliphatic carbocycles. The smallest absolute Gasteiger partial charge is 0.472 e. The van der Waals surface area contributed by atoms with Crippen LogP contribution in [0.25, 0.3) is 11.3 Å². The number of hydrogen-bond acceptors (Lipinski definition) is 3. The Hall–Kier alpha value is -2.96. The topological polar surface area (TPSA) is 47.1 Å². The van der Waals surface area contributed by atoms with Gasteiger partial charge in [-0.2, -0.15) is 0 Å². The number of aromatic amines is 1. The van der Waals surface area contributed by atoms with Crippen LogP contribution in [0, 0.1) is 6.42 Å². The van der Waals surface area contributed by atoms with Crippen molar-refractivity contribution >= 4 is 0 Å². The molecule has 30 heavy (non-hydrogen) atoms. The number of benzene rings is 2. The highest BCUT2D eigenvalue weighted by Crippen LogP contribution is 2.33. The maximum absolute atomic E-state index is 12.5. The molecule has 2 aromatic carbocycles. The highest BCUT2D eigenvalue weighted by atomic mass is 19.4. The molecule has 3 aromatic rings. The summed E-state index contributed by atoms with van der Waals surface area (Å²) >= 11 is 0. The van der Waals surface area contributed by atoms with Crippen molar-refractivity contribution in [2.24, 2.45) is 0 Å². The van der Waals surface area contributed by atoms with Crippen LogP contribution in [-0.4, -0.2) is 16.6 Å². The van der Waals surface area contributed by atoms with Crippen LogP contribution >= 0.6 is 0 Å². The standard InChI is InChI=1S/C23H22F3N2O2/c24-23(25,26)30-21-9-5-4-8-19(21)15-29-22-14-20(27-28-22)18-12-10-17(11-13-18)16-6-2-1-3-7-16/h1,4-5,8-14,16H,2-3,6-7,15H2,(H,27,28). The number of nitrogens with one attached hydrogen (secondary N) is 1. The van der Waals surface area contributed by atoms with E-state index in [0.29, 0.717) is 11.8 Å². The number of hydrogen-bond donors (Lipinski definition) is 1. The number of para-hydroxylation sites is 1. The summed E-state index contributed by atoms with van der Waals surface area (Å²) in [5, 5.41) is 7.03. The summed E-state index contributed by atoms with van der Waals surface area (Å²) in [5.74, 6) is 0.638. The number of alkyl halides is 3. The average molecular weight is 415 g/mol. The average Bonchev–Trinajstić information content (AvgIpc) is 3.22. The molecule has 1 N–H and O–H groups in total. The van der Waals surface area contributed by atoms with Gasteiger partial charge in [0.05, 0.1) is 5.69 Å². The molecule has 0 aliphatic heterocycles. The van der Waals surface area contributed by atoms with E-state index in [4.69, 9.17) is 4.74 Å². The van der Waals surface area contributed by atoms with Crippen molar-refractivity contribution in [2.75, 3.05) is 0 Å². The Balaban J connectivity index is 1.40. The molecule has 0 bridgehead atoms. The summed E-state index contributed by atoms with van der Waals surface area (Å²) < 4.78 is 47.2. The van der Waals surface area contributed by atoms with Gasteiger partial charge in [-0.25, -0.2) is 0 Å². The highest BCUT2D eigenvalue weighted by Gasteiger charge is 2.32. The zero-order valence-electron chi connectivity index (χ0n) is 16.3. The molecule has 1 heterocycles. The fourth-order valence-electron chi connectivity index (χ4n) is 3.72. The van der Waals surface area contributed by atoms with Gasteiger partial charge in [0.2, 0.25) is 5.88 Å². The van der Waals surface area contributed by atoms with Crippen molar-refractivity contribution in [3.05, 3.63) is 72.1 Å². The number of nitrogens with zero attached hydrogens (tertiary/aromatic N) is 1. The summed E-state index contributed by atoms with van der Waals surface area (Å²) in [7, 11) is 0. The van der Waals surface area contributed by atoms with Gasteiger partial charge in [-0.15, -0.1) is 18.3 Å². The minimum absolute atomic E-state index is 0.0891. The summed E-state index contributed by atoms with van der Waals surface area (Å²) in [5.41, 5.74) is 3.40. The SMILES string of the molecule is FC(F)(F)Oc1ccccc1COc1cc(-c2ccc(C3CC[CH]CC3)cc2)[nH]n1. The third-order valence-corrected chi connectivity index (χ3v) is 5.26. The monoisotopic (exact) mass is 415 g/mol. The van der Waals surface area contributed by atoms with E-state index in [9.17, 15) is 13.2 Å². The Morgan fingerprint density at radius 2 is 1.73 bits per heavy atom. The summed E-state index contributed by atoms with van der Waals surface area (Å²) in [6, 6.07) is 16.0. The van der Waals surface area contributed by atoms with Crippen molar-refractivity contribution in [3.63, 3.8) is 0 Å². The minimum atomic E-state index is -4.75. The Morgan fingerprint density at radius 1 is 1.00 bits per heavy atom. The van der Waals surface area contributed by atoms with Crippen molar-refractivity contribution in [1.82, 2.24) is 10.2 Å². The second kappa shape index (κ2) is 8.81. The van der Waals surface area contributed by atoms with Crippen LogP contribution in [0.1, 0.15) is 42.7 Å². The van der Waals surface area contributed by atoms with E-state index in [1.54, 1.807) is 12.1 Å². The number of halogens is 3. The first kappa shape index (κ1) is 20.3. The van der Waals surface area contributed by atoms with Crippen LogP contribution in [0.3, 0.4) is 0 Å². The van der Waals surface area contributed by atoms with Crippen LogP contribution in [0.4, 0.5) is 13.2 Å². The van der Waals surface area contributed by atoms with Gasteiger partial charge in [0, 0.05) is 11.6 Å². The van der Waals surface area contributed by atoms with Crippen molar-refractivity contribution in [3.8, 4) is 22.9 Å². The fraction of sp³-hybridized carbons (Fsp3) is 0.304. The van der Waals surface area contributed by atoms with Crippen molar-refractivity contribution in [2.45, 2.75) is 44.6 Å². The van der Waals surface area contributed by atoms with E-state index < -0.39 is 6.36 Å². The molecule has 0 amide bonds. The van der Waals surface area contributed by atoms with Crippen LogP contribution in [-0.2, 0) is 6.61 Å². The lowest BCUT2D eigenvalue weighted by molar-refractivity contribution is -0.275. The molecule has 1 saturated carbocycles. The zero-order valence-corrected chi connectivity index (χ0v) is 16.3. The van der Waals surface area contributed by atoms with E-state index in [1.165, 1.54) is 49.4 Å². The molecule has 1 aromatic heterocycles. The molecule has 1 aliphatic rings. The van der Waals surface area contributed by atoms with E-state index in [1.807, 2.05) is 0 Å². The molecule has 1 fully saturated rings. The van der Waals surface area contributed by atoms with E-state index in [-0.39, 0.29) is 17.9 Å². The fourth-order valence-corrected chi connectivity index (χ4v) is 3.72. The number of H-pyrrole nitrogens is 1. The lowest BCUT2D eigenvalue weighted by Crippen LogP contribution is -2.18. The van der Waals surface area contributed by atoms with Gasteiger partial charge in [0.25, 0.3) is 0 Å². The minimum Gasteiger partial charge on any atom is -0.472 e. The van der Waals surface area contributed by atoms with Crippen LogP contribution in [0.5, 0.6) is 11.6 Å². The number of ether oxygens (including phenoxy) is 2. The van der Waals surface area contributed by atoms with Crippen LogP contribution < -0.4 is 9.47 Å². The maximum atomic E-state index is 12.5. The Labute approximate surface area is 173 Å². The molecule has 0 atom stereocenters. The van der Waals surface area contributed by atoms with E-state index in [2.05, 4.69) is 45.6 Å². The van der Waals surface area contributed by atoms with Gasteiger partial charge in [0.15, 0.2) is 0 Å². The lowest BCUT2D eigenvalue weighted by atomic mass is 9.84. The summed E-state index contributed by atoms with van der Waals surface area (Å²) in [6.45, 7) is -0.0891. The first-order valence-corrected chi connectivity index (χ1v) is 9.92. The third-order valence-electron chi connectivity index (χ3n) is 5.26. The number of aromatic nitrogens is 2. The largest absolute Gasteiger partial charge is 0.573 e. The Bertz CT molecular complexity index is 961. The second-order valence-corrected chi connectivity index (χ2v) is 7.33. The Morgan fingerprint density at radius 3 is 2.47 bits per heavy atom. The van der Waals surface area contributed by atoms with Gasteiger partial charge in [-0.05, 0) is 55.2 Å². The predicted octanol–water partition coefficient (Wildman–Crippen LogP) is 6.42. The molecule has 7 heteroatoms. The molecule has 4 rings (SSSR count).